The van der Waals surface area contributed by atoms with Crippen LogP contribution in [0.15, 0.2) is 28.7 Å². The summed E-state index contributed by atoms with van der Waals surface area (Å²) in [7, 11) is -3.45. The third-order valence-electron chi connectivity index (χ3n) is 2.21. The Labute approximate surface area is 104 Å². The van der Waals surface area contributed by atoms with Gasteiger partial charge in [0.05, 0.1) is 11.9 Å². The van der Waals surface area contributed by atoms with Crippen LogP contribution in [-0.4, -0.2) is 25.4 Å². The molecule has 0 bridgehead atoms. The minimum Gasteiger partial charge on any atom is -0.395 e. The van der Waals surface area contributed by atoms with Gasteiger partial charge in [0.1, 0.15) is 0 Å². The molecule has 0 saturated heterocycles. The van der Waals surface area contributed by atoms with Gasteiger partial charge in [0.15, 0.2) is 0 Å². The molecule has 1 aromatic carbocycles. The van der Waals surface area contributed by atoms with Gasteiger partial charge in [-0.2, -0.15) is 0 Å². The first-order chi connectivity index (χ1) is 7.47. The predicted molar refractivity (Wildman–Crippen MR) is 66.4 cm³/mol. The summed E-state index contributed by atoms with van der Waals surface area (Å²) in [5.41, 5.74) is 0.858. The summed E-state index contributed by atoms with van der Waals surface area (Å²) in [6, 6.07) is 7.37. The van der Waals surface area contributed by atoms with Crippen LogP contribution in [0, 0.1) is 0 Å². The number of nitrogens with one attached hydrogen (secondary N) is 1. The minimum absolute atomic E-state index is 0.216. The van der Waals surface area contributed by atoms with Crippen LogP contribution >= 0.6 is 15.9 Å². The van der Waals surface area contributed by atoms with Crippen LogP contribution < -0.4 is 4.72 Å². The third kappa shape index (κ3) is 3.55. The topological polar surface area (TPSA) is 66.4 Å². The van der Waals surface area contributed by atoms with E-state index in [2.05, 4.69) is 20.7 Å². The maximum absolute atomic E-state index is 11.6. The van der Waals surface area contributed by atoms with E-state index >= 15 is 0 Å². The maximum atomic E-state index is 11.6. The Morgan fingerprint density at radius 1 is 1.44 bits per heavy atom. The van der Waals surface area contributed by atoms with Gasteiger partial charge in [-0.3, -0.25) is 0 Å². The number of halogens is 1. The highest BCUT2D eigenvalue weighted by Gasteiger charge is 2.19. The van der Waals surface area contributed by atoms with Crippen molar-refractivity contribution in [1.29, 1.82) is 0 Å². The van der Waals surface area contributed by atoms with Gasteiger partial charge in [0, 0.05) is 11.0 Å². The van der Waals surface area contributed by atoms with Crippen molar-refractivity contribution < 1.29 is 13.5 Å². The van der Waals surface area contributed by atoms with E-state index in [0.717, 1.165) is 10.0 Å². The molecule has 1 unspecified atom stereocenters. The molecule has 2 N–H and O–H groups in total. The summed E-state index contributed by atoms with van der Waals surface area (Å²) in [5, 5.41) is 8.00. The molecule has 0 spiro atoms. The van der Waals surface area contributed by atoms with Crippen molar-refractivity contribution in [2.24, 2.45) is 0 Å². The number of sulfonamides is 1. The van der Waals surface area contributed by atoms with E-state index in [9.17, 15) is 8.42 Å². The Morgan fingerprint density at radius 3 is 2.62 bits per heavy atom. The van der Waals surface area contributed by atoms with E-state index in [0.29, 0.717) is 0 Å². The molecule has 1 rings (SSSR count). The zero-order valence-corrected chi connectivity index (χ0v) is 11.3. The highest BCUT2D eigenvalue weighted by Crippen LogP contribution is 2.15. The number of aliphatic hydroxyl groups is 1. The van der Waals surface area contributed by atoms with E-state index < -0.39 is 15.3 Å². The van der Waals surface area contributed by atoms with Crippen molar-refractivity contribution in [2.75, 3.05) is 6.61 Å². The lowest BCUT2D eigenvalue weighted by atomic mass is 10.2. The SMILES string of the molecule is CC(CO)S(=O)(=O)NCc1ccccc1Br. The predicted octanol–water partition coefficient (Wildman–Crippen LogP) is 1.25. The molecule has 1 aromatic rings. The van der Waals surface area contributed by atoms with Crippen molar-refractivity contribution >= 4 is 26.0 Å². The molecule has 16 heavy (non-hydrogen) atoms. The largest absolute Gasteiger partial charge is 0.395 e. The van der Waals surface area contributed by atoms with Crippen molar-refractivity contribution in [2.45, 2.75) is 18.7 Å². The first kappa shape index (κ1) is 13.6. The van der Waals surface area contributed by atoms with Crippen LogP contribution in [0.1, 0.15) is 12.5 Å². The van der Waals surface area contributed by atoms with Crippen molar-refractivity contribution in [3.05, 3.63) is 34.3 Å². The average Bonchev–Trinajstić information content (AvgIpc) is 2.27. The number of benzene rings is 1. The molecule has 0 aliphatic heterocycles. The van der Waals surface area contributed by atoms with E-state index in [1.165, 1.54) is 6.92 Å². The molecule has 90 valence electrons. The van der Waals surface area contributed by atoms with Gasteiger partial charge in [-0.1, -0.05) is 34.1 Å². The van der Waals surface area contributed by atoms with Gasteiger partial charge >= 0.3 is 0 Å². The molecule has 0 amide bonds. The van der Waals surface area contributed by atoms with E-state index in [4.69, 9.17) is 5.11 Å². The van der Waals surface area contributed by atoms with Crippen molar-refractivity contribution in [3.8, 4) is 0 Å². The van der Waals surface area contributed by atoms with Crippen LogP contribution in [0.25, 0.3) is 0 Å². The highest BCUT2D eigenvalue weighted by atomic mass is 79.9. The number of aliphatic hydroxyl groups excluding tert-OH is 1. The zero-order chi connectivity index (χ0) is 12.2. The number of hydrogen-bond donors (Lipinski definition) is 2. The van der Waals surface area contributed by atoms with Crippen LogP contribution in [0.5, 0.6) is 0 Å². The lowest BCUT2D eigenvalue weighted by Crippen LogP contribution is -2.34. The van der Waals surface area contributed by atoms with Gasteiger partial charge < -0.3 is 5.11 Å². The second-order valence-corrected chi connectivity index (χ2v) is 6.49. The summed E-state index contributed by atoms with van der Waals surface area (Å²) in [4.78, 5) is 0. The summed E-state index contributed by atoms with van der Waals surface area (Å²) in [6.45, 7) is 1.29. The minimum atomic E-state index is -3.45. The first-order valence-electron chi connectivity index (χ1n) is 4.80. The fraction of sp³-hybridized carbons (Fsp3) is 0.400. The Bertz CT molecular complexity index is 447. The van der Waals surface area contributed by atoms with Crippen LogP contribution in [0.2, 0.25) is 0 Å². The molecule has 4 nitrogen and oxygen atoms in total. The first-order valence-corrected chi connectivity index (χ1v) is 7.14. The van der Waals surface area contributed by atoms with E-state index in [-0.39, 0.29) is 13.2 Å². The molecule has 1 atom stereocenters. The van der Waals surface area contributed by atoms with E-state index in [1.54, 1.807) is 0 Å². The Hall–Kier alpha value is -0.430. The Kier molecular flexibility index (Phi) is 4.91. The van der Waals surface area contributed by atoms with Crippen molar-refractivity contribution in [3.63, 3.8) is 0 Å². The molecule has 6 heteroatoms. The highest BCUT2D eigenvalue weighted by molar-refractivity contribution is 9.10. The average molecular weight is 308 g/mol. The molecule has 0 aliphatic rings. The van der Waals surface area contributed by atoms with Gasteiger partial charge in [0.2, 0.25) is 10.0 Å². The third-order valence-corrected chi connectivity index (χ3v) is 4.74. The molecule has 0 fully saturated rings. The van der Waals surface area contributed by atoms with Crippen LogP contribution in [0.3, 0.4) is 0 Å². The summed E-state index contributed by atoms with van der Waals surface area (Å²) in [5.74, 6) is 0. The van der Waals surface area contributed by atoms with Gasteiger partial charge in [-0.05, 0) is 18.6 Å². The summed E-state index contributed by atoms with van der Waals surface area (Å²) < 4.78 is 26.4. The van der Waals surface area contributed by atoms with Gasteiger partial charge in [-0.25, -0.2) is 13.1 Å². The van der Waals surface area contributed by atoms with Crippen molar-refractivity contribution in [1.82, 2.24) is 4.72 Å². The molecule has 0 radical (unpaired) electrons. The molecule has 0 saturated carbocycles. The fourth-order valence-electron chi connectivity index (χ4n) is 1.06. The summed E-state index contributed by atoms with van der Waals surface area (Å²) >= 11 is 3.33. The monoisotopic (exact) mass is 307 g/mol. The Balaban J connectivity index is 2.69. The summed E-state index contributed by atoms with van der Waals surface area (Å²) in [6.07, 6.45) is 0. The van der Waals surface area contributed by atoms with Gasteiger partial charge in [-0.15, -0.1) is 0 Å². The van der Waals surface area contributed by atoms with Crippen LogP contribution in [-0.2, 0) is 16.6 Å². The van der Waals surface area contributed by atoms with Crippen LogP contribution in [0.4, 0.5) is 0 Å². The van der Waals surface area contributed by atoms with E-state index in [1.807, 2.05) is 24.3 Å². The quantitative estimate of drug-likeness (QED) is 0.860. The lowest BCUT2D eigenvalue weighted by Gasteiger charge is -2.12. The molecular weight excluding hydrogens is 294 g/mol. The number of hydrogen-bond acceptors (Lipinski definition) is 3. The molecule has 0 heterocycles. The Morgan fingerprint density at radius 2 is 2.06 bits per heavy atom. The lowest BCUT2D eigenvalue weighted by molar-refractivity contribution is 0.294. The second kappa shape index (κ2) is 5.77. The molecule has 0 aromatic heterocycles. The maximum Gasteiger partial charge on any atom is 0.216 e. The number of rotatable bonds is 5. The molecule has 0 aliphatic carbocycles. The normalized spacial score (nSPS) is 13.7. The van der Waals surface area contributed by atoms with Gasteiger partial charge in [0.25, 0.3) is 0 Å². The fourth-order valence-corrected chi connectivity index (χ4v) is 2.32. The molecular formula is C10H14BrNO3S. The standard InChI is InChI=1S/C10H14BrNO3S/c1-8(7-13)16(14,15)12-6-9-4-2-3-5-10(9)11/h2-5,8,12-13H,6-7H2,1H3. The second-order valence-electron chi connectivity index (χ2n) is 3.45. The smallest absolute Gasteiger partial charge is 0.216 e. The zero-order valence-electron chi connectivity index (χ0n) is 8.85.